The number of hydrogen-bond donors (Lipinski definition) is 0. The van der Waals surface area contributed by atoms with Crippen LogP contribution in [0.15, 0.2) is 25.3 Å². The van der Waals surface area contributed by atoms with Gasteiger partial charge < -0.3 is 0 Å². The van der Waals surface area contributed by atoms with Crippen molar-refractivity contribution in [2.75, 3.05) is 0 Å². The van der Waals surface area contributed by atoms with Crippen molar-refractivity contribution in [2.45, 2.75) is 19.3 Å². The lowest BCUT2D eigenvalue weighted by atomic mass is 9.81. The molecule has 0 aromatic heterocycles. The summed E-state index contributed by atoms with van der Waals surface area (Å²) >= 11 is 0. The molecule has 0 heterocycles. The maximum atomic E-state index is 11.1. The van der Waals surface area contributed by atoms with Crippen molar-refractivity contribution in [1.29, 1.82) is 0 Å². The average molecular weight is 150 g/mol. The Morgan fingerprint density at radius 3 is 2.00 bits per heavy atom. The van der Waals surface area contributed by atoms with E-state index in [-0.39, 0.29) is 0 Å². The zero-order valence-corrected chi connectivity index (χ0v) is 6.75. The molecule has 1 aliphatic rings. The smallest absolute Gasteiger partial charge is 0.134 e. The van der Waals surface area contributed by atoms with Gasteiger partial charge in [0.25, 0.3) is 0 Å². The van der Waals surface area contributed by atoms with Crippen molar-refractivity contribution in [1.82, 2.24) is 0 Å². The van der Waals surface area contributed by atoms with E-state index in [1.54, 1.807) is 0 Å². The number of rotatable bonds is 2. The minimum Gasteiger partial charge on any atom is -0.300 e. The van der Waals surface area contributed by atoms with Gasteiger partial charge >= 0.3 is 0 Å². The Kier molecular flexibility index (Phi) is 2.64. The molecule has 1 nitrogen and oxygen atoms in total. The summed E-state index contributed by atoms with van der Waals surface area (Å²) < 4.78 is 0. The number of carbonyl (C=O) groups excluding carboxylic acids is 1. The van der Waals surface area contributed by atoms with Crippen molar-refractivity contribution >= 4 is 5.78 Å². The highest BCUT2D eigenvalue weighted by Crippen LogP contribution is 2.27. The average Bonchev–Trinajstić information content (AvgIpc) is 2.03. The van der Waals surface area contributed by atoms with E-state index in [9.17, 15) is 4.79 Å². The van der Waals surface area contributed by atoms with Gasteiger partial charge in [-0.1, -0.05) is 12.2 Å². The van der Waals surface area contributed by atoms with E-state index in [2.05, 4.69) is 13.2 Å². The van der Waals surface area contributed by atoms with E-state index in [1.165, 1.54) is 0 Å². The Morgan fingerprint density at radius 2 is 1.64 bits per heavy atom. The number of ketones is 1. The first-order valence-electron chi connectivity index (χ1n) is 4.03. The second-order valence-electron chi connectivity index (χ2n) is 3.17. The second-order valence-corrected chi connectivity index (χ2v) is 3.17. The van der Waals surface area contributed by atoms with Crippen LogP contribution in [0, 0.1) is 11.8 Å². The van der Waals surface area contributed by atoms with Gasteiger partial charge in [0.15, 0.2) is 0 Å². The number of hydrogen-bond acceptors (Lipinski definition) is 1. The van der Waals surface area contributed by atoms with Crippen LogP contribution in [-0.4, -0.2) is 5.78 Å². The lowest BCUT2D eigenvalue weighted by Gasteiger charge is -2.23. The third-order valence-electron chi connectivity index (χ3n) is 2.25. The monoisotopic (exact) mass is 150 g/mol. The van der Waals surface area contributed by atoms with Crippen LogP contribution in [0.1, 0.15) is 19.3 Å². The molecule has 1 rings (SSSR count). The standard InChI is InChI=1S/C10H14O/c1-3-8-5-9(4-2)7-10(11)6-8/h3-4,8-9H,1-2,5-7H2/t8-,9+. The zero-order chi connectivity index (χ0) is 8.27. The fourth-order valence-corrected chi connectivity index (χ4v) is 1.58. The fraction of sp³-hybridized carbons (Fsp3) is 0.500. The van der Waals surface area contributed by atoms with Gasteiger partial charge in [0.1, 0.15) is 5.78 Å². The van der Waals surface area contributed by atoms with Crippen molar-refractivity contribution in [3.8, 4) is 0 Å². The van der Waals surface area contributed by atoms with Crippen molar-refractivity contribution in [3.63, 3.8) is 0 Å². The quantitative estimate of drug-likeness (QED) is 0.552. The molecule has 0 amide bonds. The van der Waals surface area contributed by atoms with Gasteiger partial charge in [-0.25, -0.2) is 0 Å². The van der Waals surface area contributed by atoms with Crippen LogP contribution in [0.2, 0.25) is 0 Å². The molecule has 1 heteroatoms. The summed E-state index contributed by atoms with van der Waals surface area (Å²) in [6, 6.07) is 0. The van der Waals surface area contributed by atoms with Gasteiger partial charge in [-0.05, 0) is 18.3 Å². The van der Waals surface area contributed by atoms with E-state index >= 15 is 0 Å². The molecule has 60 valence electrons. The summed E-state index contributed by atoms with van der Waals surface area (Å²) in [6.07, 6.45) is 6.20. The van der Waals surface area contributed by atoms with Crippen LogP contribution in [0.25, 0.3) is 0 Å². The van der Waals surface area contributed by atoms with Crippen molar-refractivity contribution in [3.05, 3.63) is 25.3 Å². The molecule has 2 atom stereocenters. The normalized spacial score (nSPS) is 31.5. The maximum absolute atomic E-state index is 11.1. The van der Waals surface area contributed by atoms with Gasteiger partial charge in [0.05, 0.1) is 0 Å². The molecule has 0 spiro atoms. The Hall–Kier alpha value is -0.850. The lowest BCUT2D eigenvalue weighted by molar-refractivity contribution is -0.121. The van der Waals surface area contributed by atoms with Crippen LogP contribution in [-0.2, 0) is 4.79 Å². The number of carbonyl (C=O) groups is 1. The Bertz CT molecular complexity index is 163. The molecule has 0 N–H and O–H groups in total. The van der Waals surface area contributed by atoms with Gasteiger partial charge in [0, 0.05) is 12.8 Å². The SMILES string of the molecule is C=C[C@@H]1CC(=O)C[C@H](C=C)C1. The Balaban J connectivity index is 2.56. The van der Waals surface area contributed by atoms with Crippen LogP contribution in [0.4, 0.5) is 0 Å². The third kappa shape index (κ3) is 2.04. The fourth-order valence-electron chi connectivity index (χ4n) is 1.58. The van der Waals surface area contributed by atoms with Gasteiger partial charge in [-0.2, -0.15) is 0 Å². The lowest BCUT2D eigenvalue weighted by Crippen LogP contribution is -2.19. The molecule has 11 heavy (non-hydrogen) atoms. The molecule has 0 aromatic carbocycles. The summed E-state index contributed by atoms with van der Waals surface area (Å²) in [5.41, 5.74) is 0. The van der Waals surface area contributed by atoms with Gasteiger partial charge in [-0.3, -0.25) is 4.79 Å². The van der Waals surface area contributed by atoms with E-state index in [1.807, 2.05) is 12.2 Å². The molecular formula is C10H14O. The molecule has 1 saturated carbocycles. The highest BCUT2D eigenvalue weighted by molar-refractivity contribution is 5.80. The molecule has 0 radical (unpaired) electrons. The highest BCUT2D eigenvalue weighted by atomic mass is 16.1. The number of Topliss-reactive ketones (excluding diaryl/α,β-unsaturated/α-hetero) is 1. The molecule has 0 aromatic rings. The number of allylic oxidation sites excluding steroid dienone is 2. The summed E-state index contributed by atoms with van der Waals surface area (Å²) in [7, 11) is 0. The molecule has 1 aliphatic carbocycles. The molecule has 0 aliphatic heterocycles. The van der Waals surface area contributed by atoms with E-state index in [4.69, 9.17) is 0 Å². The molecule has 0 saturated heterocycles. The van der Waals surface area contributed by atoms with E-state index in [0.29, 0.717) is 30.5 Å². The molecule has 0 bridgehead atoms. The van der Waals surface area contributed by atoms with Gasteiger partial charge in [0.2, 0.25) is 0 Å². The predicted octanol–water partition coefficient (Wildman–Crippen LogP) is 2.34. The third-order valence-corrected chi connectivity index (χ3v) is 2.25. The van der Waals surface area contributed by atoms with E-state index in [0.717, 1.165) is 6.42 Å². The summed E-state index contributed by atoms with van der Waals surface area (Å²) in [5.74, 6) is 1.13. The predicted molar refractivity (Wildman–Crippen MR) is 46.2 cm³/mol. The van der Waals surface area contributed by atoms with E-state index < -0.39 is 0 Å². The minimum absolute atomic E-state index is 0.353. The molecular weight excluding hydrogens is 136 g/mol. The Labute approximate surface area is 67.8 Å². The highest BCUT2D eigenvalue weighted by Gasteiger charge is 2.22. The largest absolute Gasteiger partial charge is 0.300 e. The van der Waals surface area contributed by atoms with Crippen LogP contribution < -0.4 is 0 Å². The maximum Gasteiger partial charge on any atom is 0.134 e. The molecule has 1 fully saturated rings. The van der Waals surface area contributed by atoms with Crippen molar-refractivity contribution < 1.29 is 4.79 Å². The van der Waals surface area contributed by atoms with Crippen LogP contribution >= 0.6 is 0 Å². The Morgan fingerprint density at radius 1 is 1.18 bits per heavy atom. The minimum atomic E-state index is 0.353. The first kappa shape index (κ1) is 8.25. The topological polar surface area (TPSA) is 17.1 Å². The summed E-state index contributed by atoms with van der Waals surface area (Å²) in [4.78, 5) is 11.1. The molecule has 0 unspecified atom stereocenters. The zero-order valence-electron chi connectivity index (χ0n) is 6.75. The van der Waals surface area contributed by atoms with Crippen LogP contribution in [0.3, 0.4) is 0 Å². The van der Waals surface area contributed by atoms with Crippen molar-refractivity contribution in [2.24, 2.45) is 11.8 Å². The summed E-state index contributed by atoms with van der Waals surface area (Å²) in [6.45, 7) is 7.40. The first-order valence-corrected chi connectivity index (χ1v) is 4.03. The second kappa shape index (κ2) is 3.51. The first-order chi connectivity index (χ1) is 5.26. The summed E-state index contributed by atoms with van der Waals surface area (Å²) in [5, 5.41) is 0. The van der Waals surface area contributed by atoms with Crippen LogP contribution in [0.5, 0.6) is 0 Å². The van der Waals surface area contributed by atoms with Gasteiger partial charge in [-0.15, -0.1) is 13.2 Å².